The van der Waals surface area contributed by atoms with Crippen molar-refractivity contribution in [1.82, 2.24) is 20.1 Å². The highest BCUT2D eigenvalue weighted by molar-refractivity contribution is 7.15. The fourth-order valence-electron chi connectivity index (χ4n) is 5.50. The highest BCUT2D eigenvalue weighted by Crippen LogP contribution is 2.44. The lowest BCUT2D eigenvalue weighted by atomic mass is 9.79. The molecule has 1 N–H and O–H groups in total. The average molecular weight is 665 g/mol. The van der Waals surface area contributed by atoms with E-state index >= 15 is 0 Å². The van der Waals surface area contributed by atoms with E-state index in [0.29, 0.717) is 35.2 Å². The van der Waals surface area contributed by atoms with Crippen LogP contribution in [0.1, 0.15) is 54.2 Å². The van der Waals surface area contributed by atoms with E-state index < -0.39 is 16.7 Å². The standard InChI is InChI=1S/C21H27NO5.C8H10ClN5O3S/c1-5-26-20(24)27-18-17(16-12-13(2)6-7-14(16)3)19(23)22-21(18)10-8-15(25-4)9-11-21;1-12-4-17-5-13(8(12)11-14(15)16)3-6-2-10-7(9)18-6/h6-7,12,15H,5,8-11H2,1-4H3,(H,22,23);2H,3-5H2,1H3/b;11-8+/t15-,21+;. The molecule has 0 unspecified atom stereocenters. The smallest absolute Gasteiger partial charge is 0.434 e. The number of carbonyl (C=O) groups excluding carboxylic acids is 2. The van der Waals surface area contributed by atoms with Crippen LogP contribution in [0.4, 0.5) is 4.79 Å². The first-order valence-electron chi connectivity index (χ1n) is 14.4. The molecule has 1 aliphatic carbocycles. The van der Waals surface area contributed by atoms with Crippen molar-refractivity contribution >= 4 is 46.5 Å². The number of aromatic nitrogens is 1. The molecule has 1 spiro atoms. The number of benzene rings is 1. The topological polar surface area (TPSA) is 158 Å². The number of aryl methyl sites for hydroxylation is 2. The number of rotatable bonds is 7. The zero-order chi connectivity index (χ0) is 32.7. The van der Waals surface area contributed by atoms with E-state index in [4.69, 9.17) is 30.5 Å². The molecule has 0 atom stereocenters. The van der Waals surface area contributed by atoms with Crippen molar-refractivity contribution in [3.8, 4) is 0 Å². The van der Waals surface area contributed by atoms with Crippen molar-refractivity contribution in [2.45, 2.75) is 64.6 Å². The van der Waals surface area contributed by atoms with Crippen molar-refractivity contribution in [3.63, 3.8) is 0 Å². The molecule has 3 heterocycles. The molecule has 1 saturated heterocycles. The predicted molar refractivity (Wildman–Crippen MR) is 167 cm³/mol. The zero-order valence-corrected chi connectivity index (χ0v) is 27.4. The van der Waals surface area contributed by atoms with Gasteiger partial charge in [0.15, 0.2) is 9.50 Å². The maximum atomic E-state index is 13.0. The van der Waals surface area contributed by atoms with Gasteiger partial charge in [0.1, 0.15) is 24.3 Å². The summed E-state index contributed by atoms with van der Waals surface area (Å²) in [7, 11) is 3.37. The molecule has 1 saturated carbocycles. The van der Waals surface area contributed by atoms with E-state index in [1.54, 1.807) is 37.1 Å². The molecule has 5 rings (SSSR count). The van der Waals surface area contributed by atoms with Crippen LogP contribution in [0, 0.1) is 24.0 Å². The van der Waals surface area contributed by atoms with Crippen LogP contribution in [0.5, 0.6) is 0 Å². The summed E-state index contributed by atoms with van der Waals surface area (Å²) in [5, 5.41) is 16.3. The maximum Gasteiger partial charge on any atom is 0.513 e. The fourth-order valence-corrected chi connectivity index (χ4v) is 6.49. The van der Waals surface area contributed by atoms with Crippen molar-refractivity contribution in [2.24, 2.45) is 5.10 Å². The van der Waals surface area contributed by atoms with Crippen LogP contribution in [0.15, 0.2) is 35.3 Å². The monoisotopic (exact) mass is 664 g/mol. The van der Waals surface area contributed by atoms with Crippen LogP contribution in [0.2, 0.25) is 4.47 Å². The quantitative estimate of drug-likeness (QED) is 0.249. The van der Waals surface area contributed by atoms with Crippen LogP contribution in [0.3, 0.4) is 0 Å². The molecule has 2 aliphatic heterocycles. The molecule has 0 bridgehead atoms. The van der Waals surface area contributed by atoms with Gasteiger partial charge < -0.3 is 34.1 Å². The minimum absolute atomic E-state index is 0.154. The lowest BCUT2D eigenvalue weighted by Crippen LogP contribution is -2.49. The molecule has 2 aromatic rings. The number of nitrogens with zero attached hydrogens (tertiary/aromatic N) is 5. The molecule has 244 valence electrons. The van der Waals surface area contributed by atoms with Gasteiger partial charge in [-0.2, -0.15) is 0 Å². The van der Waals surface area contributed by atoms with Crippen LogP contribution in [0.25, 0.3) is 5.57 Å². The van der Waals surface area contributed by atoms with Gasteiger partial charge in [-0.15, -0.1) is 11.3 Å². The molecule has 16 heteroatoms. The number of hydrogen-bond donors (Lipinski definition) is 1. The molecule has 2 fully saturated rings. The molecule has 3 aliphatic rings. The van der Waals surface area contributed by atoms with Crippen molar-refractivity contribution in [2.75, 3.05) is 34.2 Å². The van der Waals surface area contributed by atoms with Gasteiger partial charge in [-0.3, -0.25) is 4.79 Å². The minimum atomic E-state index is -0.778. The summed E-state index contributed by atoms with van der Waals surface area (Å²) >= 11 is 7.05. The van der Waals surface area contributed by atoms with Crippen LogP contribution < -0.4 is 5.32 Å². The Morgan fingerprint density at radius 1 is 1.31 bits per heavy atom. The number of ether oxygens (including phenoxy) is 4. The van der Waals surface area contributed by atoms with Gasteiger partial charge in [-0.25, -0.2) is 19.9 Å². The van der Waals surface area contributed by atoms with Crippen molar-refractivity contribution in [1.29, 1.82) is 0 Å². The Hall–Kier alpha value is -3.79. The summed E-state index contributed by atoms with van der Waals surface area (Å²) < 4.78 is 21.8. The second-order valence-corrected chi connectivity index (χ2v) is 12.6. The molecule has 1 aromatic carbocycles. The van der Waals surface area contributed by atoms with Gasteiger partial charge in [-0.1, -0.05) is 35.4 Å². The Kier molecular flexibility index (Phi) is 11.4. The Morgan fingerprint density at radius 2 is 2.04 bits per heavy atom. The first kappa shape index (κ1) is 34.1. The SMILES string of the molecule is CCOC(=O)OC1=C(c2cc(C)ccc2C)C(=O)N[C@]12CC[C@@H](OC)CC2.CN1COCN(Cc2cnc(Cl)s2)/C1=N/[N+](=O)[O-]. The zero-order valence-electron chi connectivity index (χ0n) is 25.8. The number of amides is 1. The number of hydrazone groups is 1. The number of guanidine groups is 1. The molecule has 14 nitrogen and oxygen atoms in total. The summed E-state index contributed by atoms with van der Waals surface area (Å²) in [5.41, 5.74) is 2.52. The van der Waals surface area contributed by atoms with Gasteiger partial charge in [-0.05, 0) is 57.6 Å². The Labute approximate surface area is 270 Å². The first-order valence-corrected chi connectivity index (χ1v) is 15.5. The average Bonchev–Trinajstić information content (AvgIpc) is 3.52. The Morgan fingerprint density at radius 3 is 2.67 bits per heavy atom. The van der Waals surface area contributed by atoms with Crippen molar-refractivity contribution in [3.05, 3.63) is 66.3 Å². The molecule has 1 amide bonds. The van der Waals surface area contributed by atoms with E-state index in [9.17, 15) is 19.7 Å². The highest BCUT2D eigenvalue weighted by atomic mass is 35.5. The minimum Gasteiger partial charge on any atom is -0.434 e. The number of hydrogen-bond acceptors (Lipinski definition) is 10. The van der Waals surface area contributed by atoms with E-state index in [-0.39, 0.29) is 38.0 Å². The van der Waals surface area contributed by atoms with Gasteiger partial charge >= 0.3 is 6.16 Å². The number of nitrogens with one attached hydrogen (secondary N) is 1. The lowest BCUT2D eigenvalue weighted by molar-refractivity contribution is -0.486. The Balaban J connectivity index is 0.000000222. The summed E-state index contributed by atoms with van der Waals surface area (Å²) in [6.07, 6.45) is 3.88. The van der Waals surface area contributed by atoms with E-state index in [0.717, 1.165) is 34.4 Å². The summed E-state index contributed by atoms with van der Waals surface area (Å²) in [6.45, 7) is 6.79. The van der Waals surface area contributed by atoms with Gasteiger partial charge in [0, 0.05) is 25.2 Å². The maximum absolute atomic E-state index is 13.0. The number of halogens is 1. The first-order chi connectivity index (χ1) is 21.5. The third-order valence-electron chi connectivity index (χ3n) is 7.67. The van der Waals surface area contributed by atoms with E-state index in [1.165, 1.54) is 11.3 Å². The number of nitro groups is 1. The van der Waals surface area contributed by atoms with E-state index in [1.807, 2.05) is 32.0 Å². The van der Waals surface area contributed by atoms with Crippen LogP contribution in [-0.2, 0) is 30.3 Å². The second-order valence-electron chi connectivity index (χ2n) is 10.9. The Bertz CT molecular complexity index is 1470. The summed E-state index contributed by atoms with van der Waals surface area (Å²) in [5.74, 6) is 0.434. The second kappa shape index (κ2) is 15.0. The molecular formula is C29H37ClN6O8S. The van der Waals surface area contributed by atoms with E-state index in [2.05, 4.69) is 15.4 Å². The molecule has 0 radical (unpaired) electrons. The summed E-state index contributed by atoms with van der Waals surface area (Å²) in [4.78, 5) is 43.6. The van der Waals surface area contributed by atoms with Gasteiger partial charge in [0.05, 0.1) is 30.4 Å². The normalized spacial score (nSPS) is 22.3. The largest absolute Gasteiger partial charge is 0.513 e. The van der Waals surface area contributed by atoms with Crippen LogP contribution >= 0.6 is 22.9 Å². The highest BCUT2D eigenvalue weighted by Gasteiger charge is 2.50. The number of methoxy groups -OCH3 is 1. The van der Waals surface area contributed by atoms with Crippen LogP contribution in [-0.4, -0.2) is 83.7 Å². The number of thiazole rings is 1. The third kappa shape index (κ3) is 8.28. The lowest BCUT2D eigenvalue weighted by Gasteiger charge is -2.37. The van der Waals surface area contributed by atoms with Crippen molar-refractivity contribution < 1.29 is 33.6 Å². The van der Waals surface area contributed by atoms with Gasteiger partial charge in [0.25, 0.3) is 11.9 Å². The third-order valence-corrected chi connectivity index (χ3v) is 8.77. The number of carbonyl (C=O) groups is 2. The fraction of sp³-hybridized carbons (Fsp3) is 0.517. The molecule has 45 heavy (non-hydrogen) atoms. The predicted octanol–water partition coefficient (Wildman–Crippen LogP) is 4.67. The summed E-state index contributed by atoms with van der Waals surface area (Å²) in [6, 6.07) is 5.93. The molecule has 1 aromatic heterocycles. The molecular weight excluding hydrogens is 628 g/mol. The van der Waals surface area contributed by atoms with Gasteiger partial charge in [0.2, 0.25) is 0 Å².